The zero-order chi connectivity index (χ0) is 21.7. The van der Waals surface area contributed by atoms with Crippen LogP contribution in [0.15, 0.2) is 42.5 Å². The topological polar surface area (TPSA) is 49.4 Å². The molecule has 1 fully saturated rings. The monoisotopic (exact) mass is 466 g/mol. The molecule has 7 heteroatoms. The molecule has 2 aromatic rings. The van der Waals surface area contributed by atoms with Gasteiger partial charge >= 0.3 is 0 Å². The van der Waals surface area contributed by atoms with Crippen molar-refractivity contribution in [3.05, 3.63) is 68.7 Å². The second-order valence-corrected chi connectivity index (χ2v) is 8.88. The van der Waals surface area contributed by atoms with E-state index in [0.29, 0.717) is 20.6 Å². The van der Waals surface area contributed by atoms with Crippen molar-refractivity contribution in [3.8, 4) is 0 Å². The van der Waals surface area contributed by atoms with Crippen LogP contribution in [0.5, 0.6) is 0 Å². The summed E-state index contributed by atoms with van der Waals surface area (Å²) in [7, 11) is 0. The molecule has 0 radical (unpaired) electrons. The van der Waals surface area contributed by atoms with Gasteiger partial charge in [0.25, 0.3) is 0 Å². The van der Waals surface area contributed by atoms with Crippen LogP contribution in [0.1, 0.15) is 43.7 Å². The first-order valence-electron chi connectivity index (χ1n) is 10.1. The van der Waals surface area contributed by atoms with Crippen molar-refractivity contribution in [1.82, 2.24) is 10.2 Å². The van der Waals surface area contributed by atoms with Crippen LogP contribution in [0.25, 0.3) is 0 Å². The number of carbonyl (C=O) groups excluding carboxylic acids is 2. The van der Waals surface area contributed by atoms with Gasteiger partial charge in [0.2, 0.25) is 11.8 Å². The molecule has 1 aliphatic rings. The lowest BCUT2D eigenvalue weighted by molar-refractivity contribution is -0.140. The van der Waals surface area contributed by atoms with E-state index in [0.717, 1.165) is 31.2 Å². The maximum absolute atomic E-state index is 13.3. The molecule has 0 bridgehead atoms. The fourth-order valence-electron chi connectivity index (χ4n) is 3.74. The summed E-state index contributed by atoms with van der Waals surface area (Å²) in [5.74, 6) is -0.397. The number of nitrogens with zero attached hydrogens (tertiary/aromatic N) is 1. The molecule has 0 heterocycles. The smallest absolute Gasteiger partial charge is 0.242 e. The summed E-state index contributed by atoms with van der Waals surface area (Å²) in [6, 6.07) is 12.0. The molecule has 0 saturated heterocycles. The molecule has 1 N–H and O–H groups in total. The third-order valence-corrected chi connectivity index (χ3v) is 6.63. The Balaban J connectivity index is 1.83. The van der Waals surface area contributed by atoms with Crippen LogP contribution in [0.2, 0.25) is 15.1 Å². The lowest BCUT2D eigenvalue weighted by Gasteiger charge is -2.30. The summed E-state index contributed by atoms with van der Waals surface area (Å²) in [6.07, 6.45) is 4.20. The van der Waals surface area contributed by atoms with Crippen molar-refractivity contribution in [3.63, 3.8) is 0 Å². The summed E-state index contributed by atoms with van der Waals surface area (Å²) in [4.78, 5) is 27.8. The Hall–Kier alpha value is -1.75. The number of benzene rings is 2. The molecule has 1 saturated carbocycles. The fourth-order valence-corrected chi connectivity index (χ4v) is 4.47. The first-order valence-corrected chi connectivity index (χ1v) is 11.3. The molecule has 2 amide bonds. The van der Waals surface area contributed by atoms with Crippen molar-refractivity contribution in [2.45, 2.75) is 57.7 Å². The zero-order valence-corrected chi connectivity index (χ0v) is 19.1. The van der Waals surface area contributed by atoms with Gasteiger partial charge in [0, 0.05) is 27.7 Å². The molecule has 0 spiro atoms. The van der Waals surface area contributed by atoms with Crippen LogP contribution < -0.4 is 5.32 Å². The minimum absolute atomic E-state index is 0.00398. The fraction of sp³-hybridized carbons (Fsp3) is 0.391. The van der Waals surface area contributed by atoms with E-state index < -0.39 is 6.04 Å². The second-order valence-electron chi connectivity index (χ2n) is 7.66. The van der Waals surface area contributed by atoms with E-state index in [-0.39, 0.29) is 30.8 Å². The van der Waals surface area contributed by atoms with Crippen molar-refractivity contribution in [2.75, 3.05) is 0 Å². The molecule has 1 unspecified atom stereocenters. The highest BCUT2D eigenvalue weighted by molar-refractivity contribution is 6.36. The van der Waals surface area contributed by atoms with Gasteiger partial charge in [-0.2, -0.15) is 0 Å². The maximum Gasteiger partial charge on any atom is 0.242 e. The van der Waals surface area contributed by atoms with Gasteiger partial charge < -0.3 is 10.2 Å². The van der Waals surface area contributed by atoms with E-state index in [1.807, 2.05) is 18.2 Å². The van der Waals surface area contributed by atoms with Gasteiger partial charge in [-0.15, -0.1) is 0 Å². The highest BCUT2D eigenvalue weighted by Crippen LogP contribution is 2.27. The van der Waals surface area contributed by atoms with Crippen LogP contribution in [0.4, 0.5) is 0 Å². The molecular formula is C23H25Cl3N2O2. The van der Waals surface area contributed by atoms with E-state index >= 15 is 0 Å². The standard InChI is InChI=1S/C23H25Cl3N2O2/c1-15(23(30)27-17-8-3-4-9-17)28(14-16-7-2-5-10-19(16)24)22(29)13-18-20(25)11-6-12-21(18)26/h2,5-7,10-12,15,17H,3-4,8-9,13-14H2,1H3,(H,27,30). The van der Waals surface area contributed by atoms with Crippen molar-refractivity contribution in [1.29, 1.82) is 0 Å². The third-order valence-electron chi connectivity index (χ3n) is 5.56. The Labute approximate surface area is 192 Å². The summed E-state index contributed by atoms with van der Waals surface area (Å²) in [5.41, 5.74) is 1.33. The maximum atomic E-state index is 13.3. The average molecular weight is 468 g/mol. The summed E-state index contributed by atoms with van der Waals surface area (Å²) in [6.45, 7) is 1.97. The Kier molecular flexibility index (Phi) is 8.04. The molecule has 2 aromatic carbocycles. The van der Waals surface area contributed by atoms with Gasteiger partial charge in [0.15, 0.2) is 0 Å². The Morgan fingerprint density at radius 1 is 1.00 bits per heavy atom. The Morgan fingerprint density at radius 3 is 2.23 bits per heavy atom. The average Bonchev–Trinajstić information content (AvgIpc) is 3.22. The molecule has 1 aliphatic carbocycles. The van der Waals surface area contributed by atoms with E-state index in [1.165, 1.54) is 0 Å². The lowest BCUT2D eigenvalue weighted by Crippen LogP contribution is -2.50. The largest absolute Gasteiger partial charge is 0.352 e. The van der Waals surface area contributed by atoms with Crippen molar-refractivity contribution < 1.29 is 9.59 Å². The Bertz CT molecular complexity index is 893. The first-order chi connectivity index (χ1) is 14.4. The van der Waals surface area contributed by atoms with Gasteiger partial charge in [-0.05, 0) is 49.1 Å². The normalized spacial score (nSPS) is 15.1. The molecule has 0 aliphatic heterocycles. The predicted molar refractivity (Wildman–Crippen MR) is 122 cm³/mol. The third kappa shape index (κ3) is 5.69. The van der Waals surface area contributed by atoms with Gasteiger partial charge in [-0.1, -0.05) is 71.9 Å². The minimum atomic E-state index is -0.657. The molecule has 160 valence electrons. The van der Waals surface area contributed by atoms with Crippen LogP contribution in [-0.4, -0.2) is 28.8 Å². The van der Waals surface area contributed by atoms with Crippen LogP contribution >= 0.6 is 34.8 Å². The molecular weight excluding hydrogens is 443 g/mol. The molecule has 4 nitrogen and oxygen atoms in total. The number of nitrogens with one attached hydrogen (secondary N) is 1. The quantitative estimate of drug-likeness (QED) is 0.571. The van der Waals surface area contributed by atoms with E-state index in [4.69, 9.17) is 34.8 Å². The van der Waals surface area contributed by atoms with E-state index in [1.54, 1.807) is 36.1 Å². The number of hydrogen-bond acceptors (Lipinski definition) is 2. The van der Waals surface area contributed by atoms with E-state index in [2.05, 4.69) is 5.32 Å². The molecule has 30 heavy (non-hydrogen) atoms. The van der Waals surface area contributed by atoms with Crippen LogP contribution in [0.3, 0.4) is 0 Å². The molecule has 3 rings (SSSR count). The summed E-state index contributed by atoms with van der Waals surface area (Å²) >= 11 is 18.9. The number of halogens is 3. The predicted octanol–water partition coefficient (Wildman–Crippen LogP) is 5.67. The van der Waals surface area contributed by atoms with Gasteiger partial charge in [-0.25, -0.2) is 0 Å². The number of carbonyl (C=O) groups is 2. The number of rotatable bonds is 7. The van der Waals surface area contributed by atoms with Gasteiger partial charge in [-0.3, -0.25) is 9.59 Å². The van der Waals surface area contributed by atoms with Crippen LogP contribution in [-0.2, 0) is 22.6 Å². The number of hydrogen-bond donors (Lipinski definition) is 1. The highest BCUT2D eigenvalue weighted by atomic mass is 35.5. The summed E-state index contributed by atoms with van der Waals surface area (Å²) < 4.78 is 0. The lowest BCUT2D eigenvalue weighted by atomic mass is 10.1. The minimum Gasteiger partial charge on any atom is -0.352 e. The van der Waals surface area contributed by atoms with Crippen molar-refractivity contribution in [2.24, 2.45) is 0 Å². The van der Waals surface area contributed by atoms with Crippen molar-refractivity contribution >= 4 is 46.6 Å². The molecule has 1 atom stereocenters. The van der Waals surface area contributed by atoms with Gasteiger partial charge in [0.1, 0.15) is 6.04 Å². The van der Waals surface area contributed by atoms with E-state index in [9.17, 15) is 9.59 Å². The molecule has 0 aromatic heterocycles. The van der Waals surface area contributed by atoms with Gasteiger partial charge in [0.05, 0.1) is 6.42 Å². The SMILES string of the molecule is CC(C(=O)NC1CCCC1)N(Cc1ccccc1Cl)C(=O)Cc1c(Cl)cccc1Cl. The second kappa shape index (κ2) is 10.5. The highest BCUT2D eigenvalue weighted by Gasteiger charge is 2.29. The zero-order valence-electron chi connectivity index (χ0n) is 16.8. The van der Waals surface area contributed by atoms with Crippen LogP contribution in [0, 0.1) is 0 Å². The summed E-state index contributed by atoms with van der Waals surface area (Å²) in [5, 5.41) is 4.49. The Morgan fingerprint density at radius 2 is 1.60 bits per heavy atom. The first kappa shape index (κ1) is 22.9. The number of amides is 2.